The zero-order valence-electron chi connectivity index (χ0n) is 14.4. The average molecular weight is 351 g/mol. The minimum absolute atomic E-state index is 0.227. The quantitative estimate of drug-likeness (QED) is 0.831. The van der Waals surface area contributed by atoms with Crippen LogP contribution in [-0.2, 0) is 17.6 Å². The Bertz CT molecular complexity index is 861. The van der Waals surface area contributed by atoms with E-state index in [9.17, 15) is 9.90 Å². The number of hydrogen-bond donors (Lipinski definition) is 2. The summed E-state index contributed by atoms with van der Waals surface area (Å²) in [5.74, 6) is 1.17. The molecule has 26 heavy (non-hydrogen) atoms. The van der Waals surface area contributed by atoms with Gasteiger partial charge >= 0.3 is 0 Å². The molecule has 0 fully saturated rings. The Morgan fingerprint density at radius 3 is 2.85 bits per heavy atom. The molecule has 0 spiro atoms. The first-order valence-electron chi connectivity index (χ1n) is 8.76. The van der Waals surface area contributed by atoms with Crippen LogP contribution in [0.15, 0.2) is 48.5 Å². The number of aliphatic hydroxyl groups is 1. The van der Waals surface area contributed by atoms with E-state index in [1.165, 1.54) is 11.6 Å². The van der Waals surface area contributed by atoms with Crippen LogP contribution in [0, 0.1) is 0 Å². The minimum Gasteiger partial charge on any atom is -0.454 e. The minimum atomic E-state index is -0.892. The van der Waals surface area contributed by atoms with Gasteiger partial charge in [-0.05, 0) is 47.7 Å². The van der Waals surface area contributed by atoms with Crippen LogP contribution in [0.1, 0.15) is 23.1 Å². The molecular weight excluding hydrogens is 330 g/mol. The van der Waals surface area contributed by atoms with Crippen LogP contribution in [0.3, 0.4) is 0 Å². The molecule has 0 saturated heterocycles. The van der Waals surface area contributed by atoms with Crippen molar-refractivity contribution in [3.05, 3.63) is 65.2 Å². The summed E-state index contributed by atoms with van der Waals surface area (Å²) in [6.07, 6.45) is 5.23. The first-order chi connectivity index (χ1) is 12.6. The first kappa shape index (κ1) is 16.7. The normalized spacial score (nSPS) is 20.8. The summed E-state index contributed by atoms with van der Waals surface area (Å²) in [5.41, 5.74) is 2.41. The first-order valence-corrected chi connectivity index (χ1v) is 8.76. The molecule has 1 unspecified atom stereocenters. The molecule has 1 amide bonds. The average Bonchev–Trinajstić information content (AvgIpc) is 3.12. The summed E-state index contributed by atoms with van der Waals surface area (Å²) < 4.78 is 10.6. The second kappa shape index (κ2) is 6.84. The maximum Gasteiger partial charge on any atom is 0.244 e. The fourth-order valence-corrected chi connectivity index (χ4v) is 3.43. The van der Waals surface area contributed by atoms with Gasteiger partial charge in [-0.15, -0.1) is 0 Å². The molecule has 0 saturated carbocycles. The van der Waals surface area contributed by atoms with Crippen LogP contribution in [0.25, 0.3) is 6.08 Å². The van der Waals surface area contributed by atoms with Gasteiger partial charge in [-0.1, -0.05) is 30.3 Å². The summed E-state index contributed by atoms with van der Waals surface area (Å²) in [6.45, 7) is 0.469. The number of hydrogen-bond acceptors (Lipinski definition) is 4. The third kappa shape index (κ3) is 3.58. The van der Waals surface area contributed by atoms with Gasteiger partial charge in [-0.2, -0.15) is 0 Å². The number of ether oxygens (including phenoxy) is 2. The van der Waals surface area contributed by atoms with Crippen molar-refractivity contribution in [1.82, 2.24) is 5.32 Å². The van der Waals surface area contributed by atoms with Crippen molar-refractivity contribution in [3.63, 3.8) is 0 Å². The maximum atomic E-state index is 12.1. The largest absolute Gasteiger partial charge is 0.454 e. The van der Waals surface area contributed by atoms with Crippen LogP contribution in [-0.4, -0.2) is 30.0 Å². The van der Waals surface area contributed by atoms with E-state index in [1.54, 1.807) is 6.08 Å². The number of carbonyl (C=O) groups excluding carboxylic acids is 1. The molecule has 5 nitrogen and oxygen atoms in total. The highest BCUT2D eigenvalue weighted by atomic mass is 16.7. The molecule has 2 aromatic carbocycles. The van der Waals surface area contributed by atoms with E-state index in [1.807, 2.05) is 36.4 Å². The molecule has 134 valence electrons. The number of fused-ring (bicyclic) bond motifs is 2. The Morgan fingerprint density at radius 2 is 1.96 bits per heavy atom. The molecule has 1 aliphatic carbocycles. The standard InChI is InChI=1S/C21H21NO4/c23-20(8-6-15-5-7-18-19(11-15)26-14-25-18)22-13-21(24)10-9-16-3-1-2-4-17(16)12-21/h1-8,11,24H,9-10,12-14H2,(H,22,23)/b8-6+. The van der Waals surface area contributed by atoms with Gasteiger partial charge in [0.15, 0.2) is 11.5 Å². The van der Waals surface area contributed by atoms with E-state index in [0.29, 0.717) is 24.3 Å². The molecular formula is C21H21NO4. The summed E-state index contributed by atoms with van der Waals surface area (Å²) in [5, 5.41) is 13.6. The van der Waals surface area contributed by atoms with Gasteiger partial charge in [-0.25, -0.2) is 0 Å². The van der Waals surface area contributed by atoms with Crippen molar-refractivity contribution in [2.24, 2.45) is 0 Å². The van der Waals surface area contributed by atoms with Gasteiger partial charge in [0.25, 0.3) is 0 Å². The lowest BCUT2D eigenvalue weighted by atomic mass is 9.80. The molecule has 5 heteroatoms. The molecule has 4 rings (SSSR count). The molecule has 1 atom stereocenters. The van der Waals surface area contributed by atoms with Crippen LogP contribution in [0.5, 0.6) is 11.5 Å². The third-order valence-corrected chi connectivity index (χ3v) is 4.91. The Morgan fingerprint density at radius 1 is 1.15 bits per heavy atom. The van der Waals surface area contributed by atoms with Crippen LogP contribution < -0.4 is 14.8 Å². The van der Waals surface area contributed by atoms with Crippen molar-refractivity contribution < 1.29 is 19.4 Å². The topological polar surface area (TPSA) is 67.8 Å². The Labute approximate surface area is 152 Å². The van der Waals surface area contributed by atoms with Crippen molar-refractivity contribution in [2.45, 2.75) is 24.9 Å². The van der Waals surface area contributed by atoms with E-state index in [4.69, 9.17) is 9.47 Å². The number of nitrogens with one attached hydrogen (secondary N) is 1. The van der Waals surface area contributed by atoms with E-state index < -0.39 is 5.60 Å². The highest BCUT2D eigenvalue weighted by Gasteiger charge is 2.32. The van der Waals surface area contributed by atoms with Gasteiger partial charge < -0.3 is 19.9 Å². The highest BCUT2D eigenvalue weighted by Crippen LogP contribution is 2.32. The van der Waals surface area contributed by atoms with Crippen LogP contribution in [0.2, 0.25) is 0 Å². The molecule has 0 aromatic heterocycles. The lowest BCUT2D eigenvalue weighted by molar-refractivity contribution is -0.117. The third-order valence-electron chi connectivity index (χ3n) is 4.91. The number of carbonyl (C=O) groups is 1. The van der Waals surface area contributed by atoms with Gasteiger partial charge in [0.1, 0.15) is 0 Å². The van der Waals surface area contributed by atoms with Gasteiger partial charge in [-0.3, -0.25) is 4.79 Å². The number of rotatable bonds is 4. The number of aryl methyl sites for hydroxylation is 1. The van der Waals surface area contributed by atoms with Crippen LogP contribution in [0.4, 0.5) is 0 Å². The van der Waals surface area contributed by atoms with Crippen LogP contribution >= 0.6 is 0 Å². The molecule has 2 aromatic rings. The van der Waals surface area contributed by atoms with Crippen molar-refractivity contribution >= 4 is 12.0 Å². The number of amides is 1. The van der Waals surface area contributed by atoms with Gasteiger partial charge in [0, 0.05) is 19.0 Å². The second-order valence-electron chi connectivity index (χ2n) is 6.83. The lowest BCUT2D eigenvalue weighted by Gasteiger charge is -2.33. The van der Waals surface area contributed by atoms with Gasteiger partial charge in [0.2, 0.25) is 12.7 Å². The maximum absolute atomic E-state index is 12.1. The molecule has 1 aliphatic heterocycles. The summed E-state index contributed by atoms with van der Waals surface area (Å²) in [4.78, 5) is 12.1. The summed E-state index contributed by atoms with van der Waals surface area (Å²) in [7, 11) is 0. The van der Waals surface area contributed by atoms with Crippen molar-refractivity contribution in [2.75, 3.05) is 13.3 Å². The Hall–Kier alpha value is -2.79. The molecule has 2 N–H and O–H groups in total. The summed E-state index contributed by atoms with van der Waals surface area (Å²) >= 11 is 0. The smallest absolute Gasteiger partial charge is 0.244 e. The summed E-state index contributed by atoms with van der Waals surface area (Å²) in [6, 6.07) is 13.7. The predicted octanol–water partition coefficient (Wildman–Crippen LogP) is 2.46. The fourth-order valence-electron chi connectivity index (χ4n) is 3.43. The van der Waals surface area contributed by atoms with E-state index >= 15 is 0 Å². The second-order valence-corrected chi connectivity index (χ2v) is 6.83. The predicted molar refractivity (Wildman–Crippen MR) is 98.0 cm³/mol. The van der Waals surface area contributed by atoms with E-state index in [-0.39, 0.29) is 19.2 Å². The molecule has 0 radical (unpaired) electrons. The Kier molecular flexibility index (Phi) is 4.39. The van der Waals surface area contributed by atoms with Crippen molar-refractivity contribution in [1.29, 1.82) is 0 Å². The zero-order valence-corrected chi connectivity index (χ0v) is 14.4. The lowest BCUT2D eigenvalue weighted by Crippen LogP contribution is -2.46. The van der Waals surface area contributed by atoms with Gasteiger partial charge in [0.05, 0.1) is 5.60 Å². The fraction of sp³-hybridized carbons (Fsp3) is 0.286. The zero-order chi connectivity index (χ0) is 18.0. The monoisotopic (exact) mass is 351 g/mol. The number of benzene rings is 2. The molecule has 0 bridgehead atoms. The molecule has 2 aliphatic rings. The van der Waals surface area contributed by atoms with E-state index in [0.717, 1.165) is 17.5 Å². The van der Waals surface area contributed by atoms with E-state index in [2.05, 4.69) is 11.4 Å². The SMILES string of the molecule is O=C(/C=C/c1ccc2c(c1)OCO2)NCC1(O)CCc2ccccc2C1. The molecule has 1 heterocycles. The highest BCUT2D eigenvalue weighted by molar-refractivity contribution is 5.91. The Balaban J connectivity index is 1.34. The van der Waals surface area contributed by atoms with Crippen molar-refractivity contribution in [3.8, 4) is 11.5 Å².